The van der Waals surface area contributed by atoms with Gasteiger partial charge in [0.2, 0.25) is 0 Å². The van der Waals surface area contributed by atoms with E-state index in [1.54, 1.807) is 0 Å². The Balaban J connectivity index is 1.65. The van der Waals surface area contributed by atoms with Gasteiger partial charge in [-0.25, -0.2) is 0 Å². The van der Waals surface area contributed by atoms with Gasteiger partial charge in [0.25, 0.3) is 0 Å². The molecule has 1 aromatic rings. The predicted octanol–water partition coefficient (Wildman–Crippen LogP) is 1.94. The van der Waals surface area contributed by atoms with E-state index >= 15 is 0 Å². The first kappa shape index (κ1) is 12.0. The lowest BCUT2D eigenvalue weighted by Gasteiger charge is -2.25. The number of hydrogen-bond acceptors (Lipinski definition) is 3. The van der Waals surface area contributed by atoms with Crippen LogP contribution in [0.2, 0.25) is 0 Å². The summed E-state index contributed by atoms with van der Waals surface area (Å²) < 4.78 is 0. The zero-order valence-corrected chi connectivity index (χ0v) is 11.2. The molecular formula is C15H23N3. The maximum atomic E-state index is 5.73. The number of nitrogen functional groups attached to an aromatic ring is 1. The maximum Gasteiger partial charge on any atom is 0.0314 e. The van der Waals surface area contributed by atoms with E-state index in [4.69, 9.17) is 5.73 Å². The van der Waals surface area contributed by atoms with Crippen LogP contribution in [0.15, 0.2) is 24.3 Å². The van der Waals surface area contributed by atoms with E-state index in [0.717, 1.165) is 24.3 Å². The van der Waals surface area contributed by atoms with Crippen LogP contribution >= 0.6 is 0 Å². The highest BCUT2D eigenvalue weighted by atomic mass is 15.3. The van der Waals surface area contributed by atoms with Crippen LogP contribution in [0.5, 0.6) is 0 Å². The fourth-order valence-corrected chi connectivity index (χ4v) is 3.40. The molecule has 2 aliphatic heterocycles. The van der Waals surface area contributed by atoms with Crippen LogP contribution in [0.3, 0.4) is 0 Å². The zero-order chi connectivity index (χ0) is 12.5. The predicted molar refractivity (Wildman–Crippen MR) is 75.3 cm³/mol. The molecule has 2 atom stereocenters. The molecule has 0 amide bonds. The summed E-state index contributed by atoms with van der Waals surface area (Å²) in [6.07, 6.45) is 4.10. The van der Waals surface area contributed by atoms with E-state index in [1.807, 2.05) is 12.1 Å². The second kappa shape index (κ2) is 4.90. The molecule has 0 spiro atoms. The first-order valence-electron chi connectivity index (χ1n) is 7.01. The maximum absolute atomic E-state index is 5.73. The van der Waals surface area contributed by atoms with Gasteiger partial charge in [0.05, 0.1) is 0 Å². The number of anilines is 1. The summed E-state index contributed by atoms with van der Waals surface area (Å²) in [6.45, 7) is 3.52. The third-order valence-corrected chi connectivity index (χ3v) is 4.62. The Morgan fingerprint density at radius 3 is 2.61 bits per heavy atom. The van der Waals surface area contributed by atoms with Crippen LogP contribution in [0.1, 0.15) is 24.8 Å². The van der Waals surface area contributed by atoms with Gasteiger partial charge in [0.1, 0.15) is 0 Å². The van der Waals surface area contributed by atoms with E-state index in [0.29, 0.717) is 0 Å². The van der Waals surface area contributed by atoms with Crippen molar-refractivity contribution in [2.45, 2.75) is 37.9 Å². The SMILES string of the molecule is CN1C2CCC1CN(Cc1ccc(N)cc1)CC2. The van der Waals surface area contributed by atoms with Crippen LogP contribution in [0, 0.1) is 0 Å². The minimum absolute atomic E-state index is 0.770. The van der Waals surface area contributed by atoms with E-state index in [9.17, 15) is 0 Å². The molecule has 3 rings (SSSR count). The lowest BCUT2D eigenvalue weighted by atomic mass is 10.1. The molecule has 2 fully saturated rings. The Morgan fingerprint density at radius 1 is 1.11 bits per heavy atom. The average Bonchev–Trinajstić information content (AvgIpc) is 2.60. The van der Waals surface area contributed by atoms with Crippen molar-refractivity contribution in [2.24, 2.45) is 0 Å². The second-order valence-corrected chi connectivity index (χ2v) is 5.82. The summed E-state index contributed by atoms with van der Waals surface area (Å²) in [7, 11) is 2.30. The fourth-order valence-electron chi connectivity index (χ4n) is 3.40. The van der Waals surface area contributed by atoms with Crippen LogP contribution in [0.4, 0.5) is 5.69 Å². The van der Waals surface area contributed by atoms with Crippen molar-refractivity contribution in [1.82, 2.24) is 9.80 Å². The Morgan fingerprint density at radius 2 is 1.83 bits per heavy atom. The molecule has 2 saturated heterocycles. The number of nitrogens with zero attached hydrogens (tertiary/aromatic N) is 2. The monoisotopic (exact) mass is 245 g/mol. The second-order valence-electron chi connectivity index (χ2n) is 5.82. The van der Waals surface area contributed by atoms with Crippen molar-refractivity contribution in [3.8, 4) is 0 Å². The van der Waals surface area contributed by atoms with Gasteiger partial charge in [-0.3, -0.25) is 9.80 Å². The number of likely N-dealkylation sites (tertiary alicyclic amines) is 1. The number of likely N-dealkylation sites (N-methyl/N-ethyl adjacent to an activating group) is 1. The van der Waals surface area contributed by atoms with Crippen LogP contribution in [-0.2, 0) is 6.54 Å². The van der Waals surface area contributed by atoms with Crippen molar-refractivity contribution in [3.05, 3.63) is 29.8 Å². The molecule has 2 bridgehead atoms. The van der Waals surface area contributed by atoms with Gasteiger partial charge >= 0.3 is 0 Å². The van der Waals surface area contributed by atoms with Gasteiger partial charge in [0.15, 0.2) is 0 Å². The Bertz CT molecular complexity index is 401. The lowest BCUT2D eigenvalue weighted by molar-refractivity contribution is 0.214. The van der Waals surface area contributed by atoms with Crippen molar-refractivity contribution in [1.29, 1.82) is 0 Å². The van der Waals surface area contributed by atoms with Crippen molar-refractivity contribution < 1.29 is 0 Å². The molecule has 1 aromatic carbocycles. The standard InChI is InChI=1S/C15H23N3/c1-17-14-6-7-15(17)11-18(9-8-14)10-12-2-4-13(16)5-3-12/h2-5,14-15H,6-11,16H2,1H3. The number of fused-ring (bicyclic) bond motifs is 2. The number of hydrogen-bond donors (Lipinski definition) is 1. The topological polar surface area (TPSA) is 32.5 Å². The Hall–Kier alpha value is -1.06. The van der Waals surface area contributed by atoms with Gasteiger partial charge in [-0.1, -0.05) is 12.1 Å². The van der Waals surface area contributed by atoms with Gasteiger partial charge in [-0.2, -0.15) is 0 Å². The molecule has 2 unspecified atom stereocenters. The smallest absolute Gasteiger partial charge is 0.0314 e. The largest absolute Gasteiger partial charge is 0.399 e. The quantitative estimate of drug-likeness (QED) is 0.808. The Kier molecular flexibility index (Phi) is 3.27. The first-order chi connectivity index (χ1) is 8.72. The average molecular weight is 245 g/mol. The Labute approximate surface area is 110 Å². The van der Waals surface area contributed by atoms with Gasteiger partial charge < -0.3 is 5.73 Å². The molecule has 2 N–H and O–H groups in total. The molecular weight excluding hydrogens is 222 g/mol. The third kappa shape index (κ3) is 2.38. The van der Waals surface area contributed by atoms with Crippen LogP contribution < -0.4 is 5.73 Å². The zero-order valence-electron chi connectivity index (χ0n) is 11.2. The highest BCUT2D eigenvalue weighted by Gasteiger charge is 2.34. The van der Waals surface area contributed by atoms with Gasteiger partial charge in [-0.05, 0) is 44.0 Å². The highest BCUT2D eigenvalue weighted by Crippen LogP contribution is 2.28. The summed E-state index contributed by atoms with van der Waals surface area (Å²) in [6, 6.07) is 9.92. The highest BCUT2D eigenvalue weighted by molar-refractivity contribution is 5.39. The van der Waals surface area contributed by atoms with E-state index < -0.39 is 0 Å². The number of nitrogens with two attached hydrogens (primary N) is 1. The lowest BCUT2D eigenvalue weighted by Crippen LogP contribution is -2.36. The molecule has 2 heterocycles. The van der Waals surface area contributed by atoms with Crippen molar-refractivity contribution in [2.75, 3.05) is 25.9 Å². The minimum Gasteiger partial charge on any atom is -0.399 e. The van der Waals surface area contributed by atoms with Crippen LogP contribution in [0.25, 0.3) is 0 Å². The molecule has 2 aliphatic rings. The summed E-state index contributed by atoms with van der Waals surface area (Å²) in [5.41, 5.74) is 7.97. The van der Waals surface area contributed by atoms with E-state index in [-0.39, 0.29) is 0 Å². The molecule has 0 saturated carbocycles. The summed E-state index contributed by atoms with van der Waals surface area (Å²) in [4.78, 5) is 5.20. The summed E-state index contributed by atoms with van der Waals surface area (Å²) in [5.74, 6) is 0. The molecule has 3 nitrogen and oxygen atoms in total. The fraction of sp³-hybridized carbons (Fsp3) is 0.600. The normalized spacial score (nSPS) is 29.4. The van der Waals surface area contributed by atoms with Gasteiger partial charge in [0, 0.05) is 37.4 Å². The molecule has 0 aromatic heterocycles. The van der Waals surface area contributed by atoms with Crippen molar-refractivity contribution in [3.63, 3.8) is 0 Å². The third-order valence-electron chi connectivity index (χ3n) is 4.62. The number of benzene rings is 1. The summed E-state index contributed by atoms with van der Waals surface area (Å²) >= 11 is 0. The first-order valence-corrected chi connectivity index (χ1v) is 7.01. The molecule has 0 radical (unpaired) electrons. The van der Waals surface area contributed by atoms with Gasteiger partial charge in [-0.15, -0.1) is 0 Å². The minimum atomic E-state index is 0.770. The summed E-state index contributed by atoms with van der Waals surface area (Å²) in [5, 5.41) is 0. The molecule has 18 heavy (non-hydrogen) atoms. The van der Waals surface area contributed by atoms with Crippen LogP contribution in [-0.4, -0.2) is 42.0 Å². The van der Waals surface area contributed by atoms with E-state index in [2.05, 4.69) is 29.0 Å². The molecule has 3 heteroatoms. The number of rotatable bonds is 2. The molecule has 0 aliphatic carbocycles. The van der Waals surface area contributed by atoms with E-state index in [1.165, 1.54) is 37.9 Å². The van der Waals surface area contributed by atoms with Crippen molar-refractivity contribution >= 4 is 5.69 Å². The molecule has 98 valence electrons.